The Balaban J connectivity index is 1.95. The third kappa shape index (κ3) is 4.82. The van der Waals surface area contributed by atoms with Crippen molar-refractivity contribution in [1.29, 1.82) is 0 Å². The average molecular weight is 516 g/mol. The van der Waals surface area contributed by atoms with E-state index in [0.29, 0.717) is 11.8 Å². The van der Waals surface area contributed by atoms with E-state index in [1.165, 1.54) is 61.5 Å². The largest absolute Gasteiger partial charge is 0.295 e. The van der Waals surface area contributed by atoms with Crippen LogP contribution in [0.25, 0.3) is 39.2 Å². The topological polar surface area (TPSA) is 8.81 Å². The maximum Gasteiger partial charge on any atom is 0.295 e. The molecule has 0 aliphatic heterocycles. The second-order valence-corrected chi connectivity index (χ2v) is 12.7. The van der Waals surface area contributed by atoms with Gasteiger partial charge in [0.05, 0.1) is 12.6 Å². The van der Waals surface area contributed by atoms with E-state index in [1.807, 2.05) is 0 Å². The minimum atomic E-state index is 0.0790. The quantitative estimate of drug-likeness (QED) is 0.206. The van der Waals surface area contributed by atoms with Crippen LogP contribution in [-0.2, 0) is 12.5 Å². The Bertz CT molecular complexity index is 1610. The van der Waals surface area contributed by atoms with Crippen molar-refractivity contribution < 1.29 is 4.57 Å². The fourth-order valence-electron chi connectivity index (χ4n) is 5.79. The van der Waals surface area contributed by atoms with E-state index in [-0.39, 0.29) is 5.41 Å². The fourth-order valence-corrected chi connectivity index (χ4v) is 5.79. The van der Waals surface area contributed by atoms with Gasteiger partial charge in [-0.1, -0.05) is 103 Å². The second-order valence-electron chi connectivity index (χ2n) is 12.7. The Morgan fingerprint density at radius 3 is 1.85 bits per heavy atom. The highest BCUT2D eigenvalue weighted by Gasteiger charge is 2.32. The lowest BCUT2D eigenvalue weighted by Gasteiger charge is -2.21. The summed E-state index contributed by atoms with van der Waals surface area (Å²) in [7, 11) is 2.23. The number of rotatable bonds is 5. The number of nitrogens with zero attached hydrogens (tertiary/aromatic N) is 2. The SMILES string of the molecule is Cc1ccccc1-c1n(C)c2cc(C(C)(C)C)ccc2[n+]1-c1c(C(C)C)cc(-c2ccccc2)cc1C(C)C. The van der Waals surface area contributed by atoms with Gasteiger partial charge in [0.1, 0.15) is 5.69 Å². The molecule has 0 aliphatic rings. The van der Waals surface area contributed by atoms with Crippen molar-refractivity contribution in [2.75, 3.05) is 0 Å². The predicted molar refractivity (Wildman–Crippen MR) is 167 cm³/mol. The highest BCUT2D eigenvalue weighted by molar-refractivity contribution is 5.79. The van der Waals surface area contributed by atoms with E-state index < -0.39 is 0 Å². The molecule has 0 unspecified atom stereocenters. The molecule has 0 N–H and O–H groups in total. The van der Waals surface area contributed by atoms with Gasteiger partial charge in [-0.15, -0.1) is 0 Å². The van der Waals surface area contributed by atoms with E-state index in [9.17, 15) is 0 Å². The average Bonchev–Trinajstić information content (AvgIpc) is 3.19. The number of aryl methyl sites for hydroxylation is 2. The van der Waals surface area contributed by atoms with Crippen LogP contribution >= 0.6 is 0 Å². The highest BCUT2D eigenvalue weighted by Crippen LogP contribution is 2.37. The summed E-state index contributed by atoms with van der Waals surface area (Å²) in [5.41, 5.74) is 13.1. The molecule has 5 aromatic rings. The van der Waals surface area contributed by atoms with Gasteiger partial charge < -0.3 is 0 Å². The van der Waals surface area contributed by atoms with Gasteiger partial charge in [0.15, 0.2) is 11.0 Å². The number of fused-ring (bicyclic) bond motifs is 1. The van der Waals surface area contributed by atoms with Crippen molar-refractivity contribution in [3.8, 4) is 28.2 Å². The molecule has 39 heavy (non-hydrogen) atoms. The van der Waals surface area contributed by atoms with E-state index in [4.69, 9.17) is 0 Å². The highest BCUT2D eigenvalue weighted by atomic mass is 15.2. The van der Waals surface area contributed by atoms with Crippen molar-refractivity contribution >= 4 is 11.0 Å². The van der Waals surface area contributed by atoms with Gasteiger partial charge in [-0.05, 0) is 76.8 Å². The van der Waals surface area contributed by atoms with E-state index in [0.717, 1.165) is 0 Å². The van der Waals surface area contributed by atoms with Crippen molar-refractivity contribution in [2.45, 2.75) is 72.6 Å². The third-order valence-corrected chi connectivity index (χ3v) is 8.10. The van der Waals surface area contributed by atoms with Gasteiger partial charge >= 0.3 is 0 Å². The first kappa shape index (κ1) is 26.9. The number of imidazole rings is 1. The van der Waals surface area contributed by atoms with Crippen molar-refractivity contribution in [2.24, 2.45) is 7.05 Å². The zero-order valence-corrected chi connectivity index (χ0v) is 25.1. The molecule has 0 aliphatic carbocycles. The van der Waals surface area contributed by atoms with Crippen LogP contribution in [0.4, 0.5) is 0 Å². The van der Waals surface area contributed by atoms with Crippen LogP contribution in [0.5, 0.6) is 0 Å². The van der Waals surface area contributed by atoms with Crippen molar-refractivity contribution in [1.82, 2.24) is 4.57 Å². The smallest absolute Gasteiger partial charge is 0.225 e. The third-order valence-electron chi connectivity index (χ3n) is 8.10. The molecular formula is C37H43N2+. The fraction of sp³-hybridized carbons (Fsp3) is 0.324. The van der Waals surface area contributed by atoms with Gasteiger partial charge in [0.25, 0.3) is 5.82 Å². The van der Waals surface area contributed by atoms with Gasteiger partial charge in [0.2, 0.25) is 0 Å². The summed E-state index contributed by atoms with van der Waals surface area (Å²) in [6, 6.07) is 31.5. The molecule has 1 aromatic heterocycles. The first-order valence-electron chi connectivity index (χ1n) is 14.3. The summed E-state index contributed by atoms with van der Waals surface area (Å²) in [5.74, 6) is 1.95. The summed E-state index contributed by atoms with van der Waals surface area (Å²) in [6.45, 7) is 18.4. The number of aromatic nitrogens is 2. The second kappa shape index (κ2) is 10.2. The van der Waals surface area contributed by atoms with Crippen molar-refractivity contribution in [3.63, 3.8) is 0 Å². The van der Waals surface area contributed by atoms with Crippen LogP contribution < -0.4 is 4.57 Å². The lowest BCUT2D eigenvalue weighted by Crippen LogP contribution is -2.36. The molecule has 1 heterocycles. The Morgan fingerprint density at radius 1 is 0.692 bits per heavy atom. The molecule has 4 aromatic carbocycles. The summed E-state index contributed by atoms with van der Waals surface area (Å²) in [5, 5.41) is 0. The Morgan fingerprint density at radius 2 is 1.28 bits per heavy atom. The molecule has 0 saturated heterocycles. The van der Waals surface area contributed by atoms with Crippen LogP contribution in [0, 0.1) is 6.92 Å². The molecule has 0 bridgehead atoms. The summed E-state index contributed by atoms with van der Waals surface area (Å²) < 4.78 is 4.97. The Hall–Kier alpha value is -3.65. The molecule has 0 fully saturated rings. The molecule has 0 saturated carbocycles. The zero-order chi connectivity index (χ0) is 28.1. The van der Waals surface area contributed by atoms with Crippen LogP contribution in [0.2, 0.25) is 0 Å². The maximum absolute atomic E-state index is 2.56. The Labute approximate surface area is 235 Å². The Kier molecular flexibility index (Phi) is 7.01. The van der Waals surface area contributed by atoms with E-state index in [2.05, 4.69) is 157 Å². The molecule has 2 nitrogen and oxygen atoms in total. The predicted octanol–water partition coefficient (Wildman–Crippen LogP) is 9.64. The van der Waals surface area contributed by atoms with Gasteiger partial charge in [0, 0.05) is 11.1 Å². The lowest BCUT2D eigenvalue weighted by molar-refractivity contribution is -0.557. The molecule has 0 atom stereocenters. The molecule has 2 heteroatoms. The first-order valence-corrected chi connectivity index (χ1v) is 14.3. The van der Waals surface area contributed by atoms with Gasteiger partial charge in [-0.2, -0.15) is 4.57 Å². The number of hydrogen-bond acceptors (Lipinski definition) is 0. The molecule has 0 amide bonds. The molecule has 200 valence electrons. The standard InChI is InChI=1S/C37H43N2/c1-24(2)31-21-28(27-16-11-10-12-17-27)22-32(25(3)4)35(31)39-33-20-19-29(37(6,7)8)23-34(33)38(9)36(39)30-18-14-13-15-26(30)5/h10-25H,1-9H3/q+1. The number of benzene rings is 4. The van der Waals surface area contributed by atoms with Crippen LogP contribution in [0.3, 0.4) is 0 Å². The zero-order valence-electron chi connectivity index (χ0n) is 25.1. The van der Waals surface area contributed by atoms with E-state index >= 15 is 0 Å². The molecule has 5 rings (SSSR count). The summed E-state index contributed by atoms with van der Waals surface area (Å²) >= 11 is 0. The number of hydrogen-bond donors (Lipinski definition) is 0. The van der Waals surface area contributed by atoms with Gasteiger partial charge in [-0.25, -0.2) is 4.57 Å². The molecule has 0 radical (unpaired) electrons. The summed E-state index contributed by atoms with van der Waals surface area (Å²) in [4.78, 5) is 0. The normalized spacial score (nSPS) is 12.2. The molecular weight excluding hydrogens is 472 g/mol. The molecule has 0 spiro atoms. The van der Waals surface area contributed by atoms with Crippen LogP contribution in [0.15, 0.2) is 84.9 Å². The monoisotopic (exact) mass is 515 g/mol. The minimum Gasteiger partial charge on any atom is -0.225 e. The lowest BCUT2D eigenvalue weighted by atomic mass is 9.86. The van der Waals surface area contributed by atoms with E-state index in [1.54, 1.807) is 0 Å². The van der Waals surface area contributed by atoms with Crippen LogP contribution in [-0.4, -0.2) is 4.57 Å². The van der Waals surface area contributed by atoms with Gasteiger partial charge in [-0.3, -0.25) is 0 Å². The summed E-state index contributed by atoms with van der Waals surface area (Å²) in [6.07, 6.45) is 0. The van der Waals surface area contributed by atoms with Crippen LogP contribution in [0.1, 0.15) is 82.6 Å². The maximum atomic E-state index is 2.56. The first-order chi connectivity index (χ1) is 18.5. The minimum absolute atomic E-state index is 0.0790. The van der Waals surface area contributed by atoms with Crippen molar-refractivity contribution in [3.05, 3.63) is 107 Å².